The van der Waals surface area contributed by atoms with Gasteiger partial charge in [0.1, 0.15) is 13.6 Å². The Labute approximate surface area is 97.9 Å². The van der Waals surface area contributed by atoms with Crippen molar-refractivity contribution < 1.29 is 14.3 Å². The van der Waals surface area contributed by atoms with Gasteiger partial charge in [0, 0.05) is 6.08 Å². The molecule has 0 saturated heterocycles. The maximum absolute atomic E-state index is 11.4. The normalized spacial score (nSPS) is 11.4. The molecule has 0 N–H and O–H groups in total. The summed E-state index contributed by atoms with van der Waals surface area (Å²) in [6.07, 6.45) is 1.36. The van der Waals surface area contributed by atoms with Crippen LogP contribution in [-0.2, 0) is 14.3 Å². The van der Waals surface area contributed by atoms with Gasteiger partial charge in [0.25, 0.3) is 0 Å². The Morgan fingerprint density at radius 3 is 2.25 bits per heavy atom. The third-order valence-corrected chi connectivity index (χ3v) is 2.43. The van der Waals surface area contributed by atoms with Gasteiger partial charge < -0.3 is 4.74 Å². The summed E-state index contributed by atoms with van der Waals surface area (Å²) in [5, 5.41) is 0. The zero-order chi connectivity index (χ0) is 12.8. The molecule has 0 saturated carbocycles. The molecule has 0 amide bonds. The van der Waals surface area contributed by atoms with E-state index in [-0.39, 0.29) is 18.0 Å². The van der Waals surface area contributed by atoms with Crippen molar-refractivity contribution >= 4 is 19.8 Å². The molecular weight excluding hydrogens is 220 g/mol. The number of ketones is 1. The first-order valence-electron chi connectivity index (χ1n) is 5.19. The van der Waals surface area contributed by atoms with Crippen LogP contribution in [0.5, 0.6) is 0 Å². The summed E-state index contributed by atoms with van der Waals surface area (Å²) < 4.78 is 4.76. The number of hydrogen-bond acceptors (Lipinski definition) is 3. The quantitative estimate of drug-likeness (QED) is 0.188. The van der Waals surface area contributed by atoms with Crippen molar-refractivity contribution in [2.75, 3.05) is 6.61 Å². The van der Waals surface area contributed by atoms with E-state index in [0.29, 0.717) is 0 Å². The fraction of sp³-hybridized carbons (Fsp3) is 0.500. The van der Waals surface area contributed by atoms with Crippen LogP contribution >= 0.6 is 0 Å². The predicted octanol–water partition coefficient (Wildman–Crippen LogP) is 1.95. The molecule has 0 fully saturated rings. The molecule has 0 aromatic heterocycles. The average Bonchev–Trinajstić information content (AvgIpc) is 2.10. The van der Waals surface area contributed by atoms with Gasteiger partial charge in [-0.2, -0.15) is 0 Å². The molecular formula is C12H18O3Si. The van der Waals surface area contributed by atoms with E-state index in [0.717, 1.165) is 0 Å². The minimum atomic E-state index is -1.48. The molecule has 0 aromatic carbocycles. The third-order valence-electron chi connectivity index (χ3n) is 1.54. The molecule has 16 heavy (non-hydrogen) atoms. The Hall–Kier alpha value is -1.34. The van der Waals surface area contributed by atoms with Crippen molar-refractivity contribution in [1.29, 1.82) is 0 Å². The Morgan fingerprint density at radius 1 is 1.31 bits per heavy atom. The predicted molar refractivity (Wildman–Crippen MR) is 66.5 cm³/mol. The van der Waals surface area contributed by atoms with Gasteiger partial charge in [-0.15, -0.1) is 5.54 Å². The maximum Gasteiger partial charge on any atom is 0.342 e. The van der Waals surface area contributed by atoms with Gasteiger partial charge in [0.05, 0.1) is 6.61 Å². The number of hydrogen-bond donors (Lipinski definition) is 0. The molecule has 0 radical (unpaired) electrons. The standard InChI is InChI=1S/C12H18O3Si/c1-6-15-12(14)11(10(2)13)8-7-9-16(3,4)5/h8H,6H2,1-5H3/b11-8-. The fourth-order valence-electron chi connectivity index (χ4n) is 0.838. The highest BCUT2D eigenvalue weighted by atomic mass is 28.3. The Kier molecular flexibility index (Phi) is 5.76. The van der Waals surface area contributed by atoms with Gasteiger partial charge >= 0.3 is 5.97 Å². The zero-order valence-electron chi connectivity index (χ0n) is 10.5. The molecule has 0 spiro atoms. The lowest BCUT2D eigenvalue weighted by Gasteiger charge is -2.03. The number of ether oxygens (including phenoxy) is 1. The first-order valence-corrected chi connectivity index (χ1v) is 8.69. The van der Waals surface area contributed by atoms with Crippen LogP contribution in [0.3, 0.4) is 0 Å². The van der Waals surface area contributed by atoms with E-state index in [2.05, 4.69) is 31.1 Å². The van der Waals surface area contributed by atoms with Crippen molar-refractivity contribution in [1.82, 2.24) is 0 Å². The second-order valence-electron chi connectivity index (χ2n) is 4.35. The summed E-state index contributed by atoms with van der Waals surface area (Å²) in [6.45, 7) is 9.55. The van der Waals surface area contributed by atoms with Crippen LogP contribution in [0.1, 0.15) is 13.8 Å². The van der Waals surface area contributed by atoms with Gasteiger partial charge in [0.2, 0.25) is 0 Å². The Morgan fingerprint density at radius 2 is 1.88 bits per heavy atom. The highest BCUT2D eigenvalue weighted by Crippen LogP contribution is 2.01. The number of carbonyl (C=O) groups excluding carboxylic acids is 2. The van der Waals surface area contributed by atoms with E-state index in [1.165, 1.54) is 13.0 Å². The summed E-state index contributed by atoms with van der Waals surface area (Å²) in [7, 11) is -1.48. The number of esters is 1. The maximum atomic E-state index is 11.4. The molecule has 3 nitrogen and oxygen atoms in total. The van der Waals surface area contributed by atoms with Crippen LogP contribution in [-0.4, -0.2) is 26.4 Å². The van der Waals surface area contributed by atoms with E-state index < -0.39 is 14.0 Å². The molecule has 0 aliphatic carbocycles. The molecule has 0 unspecified atom stereocenters. The summed E-state index contributed by atoms with van der Waals surface area (Å²) >= 11 is 0. The second-order valence-corrected chi connectivity index (χ2v) is 9.10. The summed E-state index contributed by atoms with van der Waals surface area (Å²) in [5.74, 6) is 1.86. The Bertz CT molecular complexity index is 364. The lowest BCUT2D eigenvalue weighted by Crippen LogP contribution is -2.16. The van der Waals surface area contributed by atoms with Crippen molar-refractivity contribution in [3.63, 3.8) is 0 Å². The van der Waals surface area contributed by atoms with Gasteiger partial charge in [-0.1, -0.05) is 25.6 Å². The van der Waals surface area contributed by atoms with E-state index in [1.54, 1.807) is 6.92 Å². The van der Waals surface area contributed by atoms with Crippen molar-refractivity contribution in [3.05, 3.63) is 11.6 Å². The number of allylic oxidation sites excluding steroid dienone is 1. The van der Waals surface area contributed by atoms with Crippen LogP contribution in [0.2, 0.25) is 19.6 Å². The average molecular weight is 238 g/mol. The Balaban J connectivity index is 4.92. The zero-order valence-corrected chi connectivity index (χ0v) is 11.5. The number of Topliss-reactive ketones (excluding diaryl/α,β-unsaturated/α-hetero) is 1. The van der Waals surface area contributed by atoms with Crippen molar-refractivity contribution in [2.45, 2.75) is 33.5 Å². The van der Waals surface area contributed by atoms with Crippen LogP contribution in [0, 0.1) is 11.5 Å². The molecule has 0 heterocycles. The van der Waals surface area contributed by atoms with E-state index in [9.17, 15) is 9.59 Å². The van der Waals surface area contributed by atoms with Gasteiger partial charge in [-0.3, -0.25) is 4.79 Å². The highest BCUT2D eigenvalue weighted by Gasteiger charge is 2.14. The van der Waals surface area contributed by atoms with Crippen molar-refractivity contribution in [2.24, 2.45) is 0 Å². The SMILES string of the molecule is CCOC(=O)/C(=C\C#C[Si](C)(C)C)C(C)=O. The summed E-state index contributed by atoms with van der Waals surface area (Å²) in [5.41, 5.74) is 3.08. The third kappa shape index (κ3) is 6.20. The topological polar surface area (TPSA) is 43.4 Å². The van der Waals surface area contributed by atoms with Crippen molar-refractivity contribution in [3.8, 4) is 11.5 Å². The lowest BCUT2D eigenvalue weighted by molar-refractivity contribution is -0.139. The summed E-state index contributed by atoms with van der Waals surface area (Å²) in [4.78, 5) is 22.6. The number of rotatable bonds is 3. The van der Waals surface area contributed by atoms with Crippen LogP contribution in [0.15, 0.2) is 11.6 Å². The molecule has 4 heteroatoms. The first-order chi connectivity index (χ1) is 7.28. The largest absolute Gasteiger partial charge is 0.462 e. The smallest absolute Gasteiger partial charge is 0.342 e. The molecule has 0 aliphatic heterocycles. The van der Waals surface area contributed by atoms with Crippen LogP contribution < -0.4 is 0 Å². The monoisotopic (exact) mass is 238 g/mol. The van der Waals surface area contributed by atoms with Gasteiger partial charge in [-0.25, -0.2) is 4.79 Å². The number of carbonyl (C=O) groups is 2. The fourth-order valence-corrected chi connectivity index (χ4v) is 1.34. The molecule has 0 atom stereocenters. The van der Waals surface area contributed by atoms with Crippen LogP contribution in [0.25, 0.3) is 0 Å². The molecule has 0 aromatic rings. The van der Waals surface area contributed by atoms with E-state index in [4.69, 9.17) is 4.74 Å². The van der Waals surface area contributed by atoms with E-state index >= 15 is 0 Å². The molecule has 0 rings (SSSR count). The molecule has 88 valence electrons. The molecule has 0 bridgehead atoms. The highest BCUT2D eigenvalue weighted by molar-refractivity contribution is 6.83. The second kappa shape index (κ2) is 6.29. The lowest BCUT2D eigenvalue weighted by atomic mass is 10.2. The first kappa shape index (κ1) is 14.7. The van der Waals surface area contributed by atoms with Crippen LogP contribution in [0.4, 0.5) is 0 Å². The summed E-state index contributed by atoms with van der Waals surface area (Å²) in [6, 6.07) is 0. The van der Waals surface area contributed by atoms with Gasteiger partial charge in [0.15, 0.2) is 5.78 Å². The minimum absolute atomic E-state index is 0.0209. The van der Waals surface area contributed by atoms with Gasteiger partial charge in [-0.05, 0) is 13.8 Å². The molecule has 0 aliphatic rings. The van der Waals surface area contributed by atoms with E-state index in [1.807, 2.05) is 0 Å². The minimum Gasteiger partial charge on any atom is -0.462 e.